The Morgan fingerprint density at radius 2 is 1.07 bits per heavy atom. The van der Waals surface area contributed by atoms with E-state index in [9.17, 15) is 5.11 Å². The molecule has 5 nitrogen and oxygen atoms in total. The molecule has 11 rings (SSSR count). The van der Waals surface area contributed by atoms with Crippen molar-refractivity contribution in [3.05, 3.63) is 223 Å². The molecule has 0 saturated heterocycles. The van der Waals surface area contributed by atoms with Gasteiger partial charge in [0.1, 0.15) is 11.6 Å². The fourth-order valence-corrected chi connectivity index (χ4v) is 10.4. The van der Waals surface area contributed by atoms with Crippen LogP contribution in [-0.4, -0.2) is 24.2 Å². The van der Waals surface area contributed by atoms with Gasteiger partial charge in [0.05, 0.1) is 39.0 Å². The van der Waals surface area contributed by atoms with E-state index in [1.807, 2.05) is 6.20 Å². The summed E-state index contributed by atoms with van der Waals surface area (Å²) < 4.78 is 4.63. The number of rotatable bonds is 8. The number of fused-ring (bicyclic) bond motifs is 4. The molecule has 3 aromatic heterocycles. The Kier molecular flexibility index (Phi) is 10.7. The monoisotopic (exact) mass is 910 g/mol. The van der Waals surface area contributed by atoms with Gasteiger partial charge in [-0.15, -0.1) is 0 Å². The van der Waals surface area contributed by atoms with Gasteiger partial charge in [0.2, 0.25) is 0 Å². The Balaban J connectivity index is 1.23. The van der Waals surface area contributed by atoms with Crippen molar-refractivity contribution in [1.82, 2.24) is 19.1 Å². The molecule has 0 atom stereocenters. The number of aromatic hydroxyl groups is 1. The first-order valence-corrected chi connectivity index (χ1v) is 24.4. The Bertz CT molecular complexity index is 3750. The Hall–Kier alpha value is -8.02. The number of aromatic nitrogens is 4. The van der Waals surface area contributed by atoms with Crippen molar-refractivity contribution >= 4 is 32.8 Å². The maximum absolute atomic E-state index is 12.6. The number of phenols is 1. The van der Waals surface area contributed by atoms with Crippen LogP contribution in [0.1, 0.15) is 77.6 Å². The Labute approximate surface area is 411 Å². The average molecular weight is 911 g/mol. The largest absolute Gasteiger partial charge is 0.507 e. The van der Waals surface area contributed by atoms with E-state index in [1.165, 1.54) is 5.56 Å². The maximum Gasteiger partial charge on any atom is 0.149 e. The van der Waals surface area contributed by atoms with Crippen LogP contribution >= 0.6 is 0 Å². The molecule has 0 bridgehead atoms. The van der Waals surface area contributed by atoms with E-state index in [2.05, 4.69) is 259 Å². The van der Waals surface area contributed by atoms with E-state index in [0.717, 1.165) is 94.4 Å². The molecule has 0 fully saturated rings. The second kappa shape index (κ2) is 16.9. The summed E-state index contributed by atoms with van der Waals surface area (Å²) in [5.41, 5.74) is 16.4. The van der Waals surface area contributed by atoms with Crippen LogP contribution in [-0.2, 0) is 16.2 Å². The molecule has 0 saturated carbocycles. The highest BCUT2D eigenvalue weighted by Crippen LogP contribution is 2.47. The third kappa shape index (κ3) is 7.57. The third-order valence-electron chi connectivity index (χ3n) is 14.3. The minimum absolute atomic E-state index is 0.195. The third-order valence-corrected chi connectivity index (χ3v) is 14.3. The van der Waals surface area contributed by atoms with Gasteiger partial charge in [-0.25, -0.2) is 4.98 Å². The zero-order valence-corrected chi connectivity index (χ0v) is 41.3. The maximum atomic E-state index is 12.6. The van der Waals surface area contributed by atoms with E-state index in [-0.39, 0.29) is 22.0 Å². The number of para-hydroxylation sites is 4. The van der Waals surface area contributed by atoms with Gasteiger partial charge in [0, 0.05) is 50.3 Å². The zero-order valence-electron chi connectivity index (χ0n) is 41.3. The Morgan fingerprint density at radius 1 is 0.443 bits per heavy atom. The molecule has 0 aliphatic heterocycles. The molecular weight excluding hydrogens is 853 g/mol. The van der Waals surface area contributed by atoms with E-state index in [1.54, 1.807) is 0 Å². The first kappa shape index (κ1) is 44.5. The van der Waals surface area contributed by atoms with Crippen molar-refractivity contribution in [2.45, 2.75) is 71.6 Å². The molecule has 5 heteroatoms. The van der Waals surface area contributed by atoms with E-state index in [4.69, 9.17) is 9.97 Å². The van der Waals surface area contributed by atoms with Crippen LogP contribution in [0, 0.1) is 0 Å². The summed E-state index contributed by atoms with van der Waals surface area (Å²) in [6, 6.07) is 69.1. The molecule has 70 heavy (non-hydrogen) atoms. The van der Waals surface area contributed by atoms with Crippen molar-refractivity contribution in [2.75, 3.05) is 0 Å². The number of benzene rings is 8. The predicted octanol–water partition coefficient (Wildman–Crippen LogP) is 16.8. The van der Waals surface area contributed by atoms with Crippen LogP contribution in [0.5, 0.6) is 5.75 Å². The lowest BCUT2D eigenvalue weighted by atomic mass is 9.76. The first-order chi connectivity index (χ1) is 33.7. The van der Waals surface area contributed by atoms with Gasteiger partial charge in [-0.2, -0.15) is 0 Å². The van der Waals surface area contributed by atoms with E-state index < -0.39 is 0 Å². The molecule has 1 N–H and O–H groups in total. The molecular formula is C65H58N4O. The molecule has 344 valence electrons. The smallest absolute Gasteiger partial charge is 0.149 e. The van der Waals surface area contributed by atoms with Gasteiger partial charge in [0.15, 0.2) is 0 Å². The summed E-state index contributed by atoms with van der Waals surface area (Å²) >= 11 is 0. The number of hydrogen-bond donors (Lipinski definition) is 1. The molecule has 8 aromatic carbocycles. The molecule has 3 heterocycles. The summed E-state index contributed by atoms with van der Waals surface area (Å²) in [6.45, 7) is 17.8. The van der Waals surface area contributed by atoms with E-state index >= 15 is 0 Å². The van der Waals surface area contributed by atoms with Crippen LogP contribution in [0.4, 0.5) is 0 Å². The molecule has 0 aliphatic carbocycles. The van der Waals surface area contributed by atoms with Crippen LogP contribution in [0.15, 0.2) is 200 Å². The highest BCUT2D eigenvalue weighted by Gasteiger charge is 2.31. The molecule has 0 aliphatic rings. The highest BCUT2D eigenvalue weighted by atomic mass is 16.3. The fourth-order valence-electron chi connectivity index (χ4n) is 10.4. The lowest BCUT2D eigenvalue weighted by Gasteiger charge is -2.27. The van der Waals surface area contributed by atoms with Crippen LogP contribution in [0.2, 0.25) is 0 Å². The van der Waals surface area contributed by atoms with Crippen LogP contribution < -0.4 is 0 Å². The summed E-state index contributed by atoms with van der Waals surface area (Å²) in [4.78, 5) is 11.0. The molecule has 0 radical (unpaired) electrons. The second-order valence-corrected chi connectivity index (χ2v) is 21.3. The molecule has 11 aromatic rings. The zero-order chi connectivity index (χ0) is 48.5. The topological polar surface area (TPSA) is 55.9 Å². The predicted molar refractivity (Wildman–Crippen MR) is 293 cm³/mol. The molecule has 0 amide bonds. The van der Waals surface area contributed by atoms with Crippen molar-refractivity contribution in [3.8, 4) is 62.0 Å². The number of phenolic OH excluding ortho intramolecular Hbond substituents is 1. The van der Waals surface area contributed by atoms with Crippen molar-refractivity contribution < 1.29 is 5.11 Å². The second-order valence-electron chi connectivity index (χ2n) is 21.3. The average Bonchev–Trinajstić information content (AvgIpc) is 3.93. The lowest BCUT2D eigenvalue weighted by Crippen LogP contribution is -2.19. The van der Waals surface area contributed by atoms with Gasteiger partial charge in [-0.1, -0.05) is 195 Å². The number of pyridine rings is 1. The summed E-state index contributed by atoms with van der Waals surface area (Å²) in [5.74, 6) is 0.930. The van der Waals surface area contributed by atoms with Gasteiger partial charge in [-0.3, -0.25) is 9.55 Å². The van der Waals surface area contributed by atoms with Gasteiger partial charge >= 0.3 is 0 Å². The summed E-state index contributed by atoms with van der Waals surface area (Å²) in [5, 5.41) is 14.9. The quantitative estimate of drug-likeness (QED) is 0.165. The van der Waals surface area contributed by atoms with Gasteiger partial charge in [0.25, 0.3) is 0 Å². The van der Waals surface area contributed by atoms with Gasteiger partial charge < -0.3 is 9.67 Å². The standard InChI is InChI=1S/C65H58N4O/c1-63(2,3)46-40-52(61(70)53(41-46)64(4,5)6)62-67-60-50(31-22-34-57(60)69(62)54-32-20-18-29-49(54)42-23-12-9-13-24-42)43-37-44(39-47(38-43)65(7,8)45-25-14-10-15-26-45)59-58-51-30-19-21-33-55(51)68(56(58)35-36-66-59)48-27-16-11-17-28-48/h9-41,70H,1-8H3. The van der Waals surface area contributed by atoms with Crippen LogP contribution in [0.25, 0.3) is 89.1 Å². The Morgan fingerprint density at radius 3 is 1.80 bits per heavy atom. The van der Waals surface area contributed by atoms with Gasteiger partial charge in [-0.05, 0) is 93.2 Å². The van der Waals surface area contributed by atoms with E-state index in [0.29, 0.717) is 11.4 Å². The normalized spacial score (nSPS) is 12.3. The molecule has 0 unspecified atom stereocenters. The first-order valence-electron chi connectivity index (χ1n) is 24.4. The SMILES string of the molecule is CC(C)(C)c1cc(-c2nc3c(-c4cc(-c5nccc6c5c5ccccc5n6-c5ccccc5)cc(C(C)(C)c5ccccc5)c4)cccc3n2-c2ccccc2-c2ccccc2)c(O)c(C(C)(C)C)c1. The summed E-state index contributed by atoms with van der Waals surface area (Å²) in [7, 11) is 0. The fraction of sp³-hybridized carbons (Fsp3) is 0.169. The lowest BCUT2D eigenvalue weighted by molar-refractivity contribution is 0.446. The number of nitrogens with zero attached hydrogens (tertiary/aromatic N) is 4. The number of hydrogen-bond acceptors (Lipinski definition) is 3. The van der Waals surface area contributed by atoms with Crippen molar-refractivity contribution in [3.63, 3.8) is 0 Å². The highest BCUT2D eigenvalue weighted by molar-refractivity contribution is 6.15. The molecule has 0 spiro atoms. The van der Waals surface area contributed by atoms with Crippen LogP contribution in [0.3, 0.4) is 0 Å². The van der Waals surface area contributed by atoms with Crippen molar-refractivity contribution in [1.29, 1.82) is 0 Å². The number of imidazole rings is 1. The minimum Gasteiger partial charge on any atom is -0.507 e. The minimum atomic E-state index is -0.381. The van der Waals surface area contributed by atoms with Crippen molar-refractivity contribution in [2.24, 2.45) is 0 Å². The summed E-state index contributed by atoms with van der Waals surface area (Å²) in [6.07, 6.45) is 1.95.